The summed E-state index contributed by atoms with van der Waals surface area (Å²) in [6.45, 7) is 8.81. The minimum Gasteiger partial charge on any atom is -0.356 e. The van der Waals surface area contributed by atoms with Crippen molar-refractivity contribution < 1.29 is 9.47 Å². The molecule has 146 valence electrons. The molecule has 2 nitrogen and oxygen atoms in total. The Labute approximate surface area is 169 Å². The van der Waals surface area contributed by atoms with Crippen molar-refractivity contribution >= 4 is 23.2 Å². The van der Waals surface area contributed by atoms with Gasteiger partial charge in [-0.25, -0.2) is 0 Å². The van der Waals surface area contributed by atoms with Gasteiger partial charge in [0.25, 0.3) is 0 Å². The molecule has 3 aromatic carbocycles. The number of rotatable bonds is 9. The number of ether oxygens (including phenoxy) is 2. The molecule has 2 unspecified atom stereocenters. The fourth-order valence-corrected chi connectivity index (χ4v) is 8.15. The standard InChI is InChI=1S/C25H29O2P/c1-4-25(26-5-2)27-21(3)28(22-15-9-6-10-16-22,23-17-11-7-12-18-23)24-19-13-8-14-20-24/h6-21,25H,1,4-5H2,2-3H3. The first-order valence-corrected chi connectivity index (χ1v) is 11.7. The summed E-state index contributed by atoms with van der Waals surface area (Å²) in [4.78, 5) is 0. The van der Waals surface area contributed by atoms with E-state index in [2.05, 4.69) is 105 Å². The first-order chi connectivity index (χ1) is 13.7. The summed E-state index contributed by atoms with van der Waals surface area (Å²) in [6, 6.07) is 32.3. The Hall–Kier alpha value is -1.99. The molecule has 3 aromatic rings. The molecule has 0 aliphatic heterocycles. The quantitative estimate of drug-likeness (QED) is 0.292. The van der Waals surface area contributed by atoms with Gasteiger partial charge >= 0.3 is 0 Å². The minimum atomic E-state index is -2.07. The zero-order valence-electron chi connectivity index (χ0n) is 16.7. The zero-order chi connectivity index (χ0) is 19.8. The van der Waals surface area contributed by atoms with Crippen LogP contribution in [0.4, 0.5) is 0 Å². The minimum absolute atomic E-state index is 0.0574. The van der Waals surface area contributed by atoms with E-state index in [-0.39, 0.29) is 12.1 Å². The van der Waals surface area contributed by atoms with E-state index in [0.717, 1.165) is 0 Å². The van der Waals surface area contributed by atoms with E-state index in [1.807, 2.05) is 6.92 Å². The molecule has 0 aliphatic rings. The third-order valence-electron chi connectivity index (χ3n) is 4.97. The van der Waals surface area contributed by atoms with E-state index < -0.39 is 7.26 Å². The maximum Gasteiger partial charge on any atom is 0.181 e. The molecule has 28 heavy (non-hydrogen) atoms. The van der Waals surface area contributed by atoms with Crippen LogP contribution in [0.3, 0.4) is 0 Å². The van der Waals surface area contributed by atoms with Crippen LogP contribution in [0.5, 0.6) is 0 Å². The van der Waals surface area contributed by atoms with Gasteiger partial charge in [-0.1, -0.05) is 54.6 Å². The summed E-state index contributed by atoms with van der Waals surface area (Å²) in [6.07, 6.45) is 0.270. The highest BCUT2D eigenvalue weighted by atomic mass is 31.2. The first kappa shape index (κ1) is 20.7. The van der Waals surface area contributed by atoms with Crippen molar-refractivity contribution in [1.82, 2.24) is 0 Å². The van der Waals surface area contributed by atoms with E-state index in [0.29, 0.717) is 13.0 Å². The van der Waals surface area contributed by atoms with E-state index in [1.165, 1.54) is 15.9 Å². The second-order valence-corrected chi connectivity index (χ2v) is 10.4. The van der Waals surface area contributed by atoms with Gasteiger partial charge in [0.15, 0.2) is 5.85 Å². The number of hydrogen-bond donors (Lipinski definition) is 0. The monoisotopic (exact) mass is 392 g/mol. The Kier molecular flexibility index (Phi) is 7.39. The van der Waals surface area contributed by atoms with Gasteiger partial charge in [0.2, 0.25) is 0 Å². The van der Waals surface area contributed by atoms with Crippen molar-refractivity contribution in [2.24, 2.45) is 0 Å². The average Bonchev–Trinajstić information content (AvgIpc) is 2.76. The lowest BCUT2D eigenvalue weighted by atomic mass is 10.4. The molecule has 3 heteroatoms. The largest absolute Gasteiger partial charge is 0.356 e. The highest BCUT2D eigenvalue weighted by molar-refractivity contribution is 7.96. The Balaban J connectivity index is 2.22. The van der Waals surface area contributed by atoms with E-state index in [1.54, 1.807) is 0 Å². The molecule has 0 bridgehead atoms. The smallest absolute Gasteiger partial charge is 0.181 e. The van der Waals surface area contributed by atoms with Crippen LogP contribution in [-0.4, -0.2) is 18.7 Å². The predicted molar refractivity (Wildman–Crippen MR) is 121 cm³/mol. The molecule has 0 spiro atoms. The highest BCUT2D eigenvalue weighted by Crippen LogP contribution is 2.60. The van der Waals surface area contributed by atoms with Crippen molar-refractivity contribution in [3.63, 3.8) is 0 Å². The molecule has 0 aromatic heterocycles. The lowest BCUT2D eigenvalue weighted by molar-refractivity contribution is -0.143. The maximum absolute atomic E-state index is 6.53. The SMILES string of the molecule is [CH2-]CC(OCC)OC(C)[P+](c1ccccc1)(c1ccccc1)c1ccccc1. The maximum atomic E-state index is 6.53. The Morgan fingerprint density at radius 3 is 1.46 bits per heavy atom. The van der Waals surface area contributed by atoms with Crippen molar-refractivity contribution in [3.05, 3.63) is 97.9 Å². The molecule has 0 saturated heterocycles. The van der Waals surface area contributed by atoms with Gasteiger partial charge < -0.3 is 16.4 Å². The van der Waals surface area contributed by atoms with Gasteiger partial charge in [-0.3, -0.25) is 0 Å². The molecule has 0 saturated carbocycles. The molecule has 0 N–H and O–H groups in total. The second kappa shape index (κ2) is 9.98. The summed E-state index contributed by atoms with van der Waals surface area (Å²) in [5.41, 5.74) is 0. The van der Waals surface area contributed by atoms with Gasteiger partial charge in [-0.05, 0) is 50.2 Å². The van der Waals surface area contributed by atoms with Gasteiger partial charge in [-0.2, -0.15) is 0 Å². The van der Waals surface area contributed by atoms with Gasteiger partial charge in [0, 0.05) is 6.61 Å². The van der Waals surface area contributed by atoms with Crippen LogP contribution >= 0.6 is 7.26 Å². The van der Waals surface area contributed by atoms with Crippen LogP contribution in [0.15, 0.2) is 91.0 Å². The summed E-state index contributed by atoms with van der Waals surface area (Å²) in [7, 11) is -2.07. The highest BCUT2D eigenvalue weighted by Gasteiger charge is 2.51. The Morgan fingerprint density at radius 1 is 0.750 bits per heavy atom. The van der Waals surface area contributed by atoms with Crippen LogP contribution in [0.1, 0.15) is 20.3 Å². The van der Waals surface area contributed by atoms with Gasteiger partial charge in [0.1, 0.15) is 29.5 Å². The second-order valence-electron chi connectivity index (χ2n) is 6.64. The Bertz CT molecular complexity index is 724. The molecule has 0 radical (unpaired) electrons. The molecular weight excluding hydrogens is 363 g/mol. The lowest BCUT2D eigenvalue weighted by Gasteiger charge is -2.34. The van der Waals surface area contributed by atoms with E-state index in [4.69, 9.17) is 9.47 Å². The number of benzene rings is 3. The molecule has 2 atom stereocenters. The van der Waals surface area contributed by atoms with Crippen LogP contribution in [-0.2, 0) is 9.47 Å². The van der Waals surface area contributed by atoms with Crippen LogP contribution in [0, 0.1) is 6.92 Å². The number of hydrogen-bond acceptors (Lipinski definition) is 2. The summed E-state index contributed by atoms with van der Waals surface area (Å²) in [5.74, 6) is -0.0574. The lowest BCUT2D eigenvalue weighted by Crippen LogP contribution is -2.40. The molecule has 0 fully saturated rings. The third-order valence-corrected chi connectivity index (χ3v) is 9.52. The molecule has 3 rings (SSSR count). The fraction of sp³-hybridized carbons (Fsp3) is 0.240. The molecule has 0 heterocycles. The summed E-state index contributed by atoms with van der Waals surface area (Å²) < 4.78 is 12.3. The van der Waals surface area contributed by atoms with E-state index in [9.17, 15) is 0 Å². The molecule has 0 aliphatic carbocycles. The van der Waals surface area contributed by atoms with Crippen molar-refractivity contribution in [1.29, 1.82) is 0 Å². The van der Waals surface area contributed by atoms with Crippen molar-refractivity contribution in [3.8, 4) is 0 Å². The Morgan fingerprint density at radius 2 is 1.14 bits per heavy atom. The van der Waals surface area contributed by atoms with Gasteiger partial charge in [0.05, 0.1) is 0 Å². The fourth-order valence-electron chi connectivity index (χ4n) is 3.75. The predicted octanol–water partition coefficient (Wildman–Crippen LogP) is 4.93. The van der Waals surface area contributed by atoms with E-state index >= 15 is 0 Å². The summed E-state index contributed by atoms with van der Waals surface area (Å²) in [5, 5.41) is 3.91. The van der Waals surface area contributed by atoms with Crippen molar-refractivity contribution in [2.45, 2.75) is 32.4 Å². The van der Waals surface area contributed by atoms with Crippen LogP contribution < -0.4 is 15.9 Å². The third kappa shape index (κ3) is 4.20. The van der Waals surface area contributed by atoms with Gasteiger partial charge in [-0.15, -0.1) is 6.42 Å². The van der Waals surface area contributed by atoms with Crippen LogP contribution in [0.2, 0.25) is 0 Å². The summed E-state index contributed by atoms with van der Waals surface area (Å²) >= 11 is 0. The van der Waals surface area contributed by atoms with Crippen molar-refractivity contribution in [2.75, 3.05) is 6.61 Å². The molecular formula is C25H29O2P. The topological polar surface area (TPSA) is 18.5 Å². The zero-order valence-corrected chi connectivity index (χ0v) is 17.6. The average molecular weight is 392 g/mol. The molecule has 0 amide bonds. The first-order valence-electron chi connectivity index (χ1n) is 9.85. The van der Waals surface area contributed by atoms with Crippen LogP contribution in [0.25, 0.3) is 0 Å². The normalized spacial score (nSPS) is 13.8.